The van der Waals surface area contributed by atoms with Gasteiger partial charge in [0.1, 0.15) is 11.3 Å². The second-order valence-corrected chi connectivity index (χ2v) is 3.92. The third kappa shape index (κ3) is 2.97. The fourth-order valence-corrected chi connectivity index (χ4v) is 1.71. The van der Waals surface area contributed by atoms with Gasteiger partial charge in [-0.2, -0.15) is 0 Å². The van der Waals surface area contributed by atoms with Crippen molar-refractivity contribution >= 4 is 5.97 Å². The highest BCUT2D eigenvalue weighted by molar-refractivity contribution is 5.80. The molecule has 0 aromatic heterocycles. The Labute approximate surface area is 102 Å². The van der Waals surface area contributed by atoms with Crippen molar-refractivity contribution < 1.29 is 14.6 Å². The second kappa shape index (κ2) is 5.68. The number of rotatable bonds is 6. The molecule has 1 aromatic rings. The van der Waals surface area contributed by atoms with Crippen molar-refractivity contribution in [3.05, 3.63) is 29.8 Å². The number of hydrogen-bond acceptors (Lipinski definition) is 3. The summed E-state index contributed by atoms with van der Waals surface area (Å²) in [6, 6.07) is 7.14. The van der Waals surface area contributed by atoms with Gasteiger partial charge in [0.2, 0.25) is 0 Å². The minimum atomic E-state index is -1.06. The fraction of sp³-hybridized carbons (Fsp3) is 0.462. The molecule has 1 rings (SSSR count). The summed E-state index contributed by atoms with van der Waals surface area (Å²) in [6.07, 6.45) is 0. The minimum absolute atomic E-state index is 0.593. The fourth-order valence-electron chi connectivity index (χ4n) is 1.71. The number of carboxylic acids is 1. The predicted octanol–water partition coefficient (Wildman–Crippen LogP) is 1.99. The van der Waals surface area contributed by atoms with Crippen LogP contribution in [0, 0.1) is 0 Å². The first-order chi connectivity index (χ1) is 8.04. The van der Waals surface area contributed by atoms with Crippen molar-refractivity contribution in [2.45, 2.75) is 26.3 Å². The van der Waals surface area contributed by atoms with Crippen LogP contribution in [0.4, 0.5) is 0 Å². The lowest BCUT2D eigenvalue weighted by Gasteiger charge is -2.26. The molecule has 94 valence electrons. The maximum Gasteiger partial charge on any atom is 0.328 e. The van der Waals surface area contributed by atoms with E-state index in [1.807, 2.05) is 13.8 Å². The van der Waals surface area contributed by atoms with Crippen LogP contribution >= 0.6 is 0 Å². The summed E-state index contributed by atoms with van der Waals surface area (Å²) in [7, 11) is 0. The summed E-state index contributed by atoms with van der Waals surface area (Å²) in [6.45, 7) is 6.65. The SMILES string of the molecule is CCNC(C)(C(=O)O)c1ccc(OCC)cc1. The van der Waals surface area contributed by atoms with Crippen molar-refractivity contribution in [3.63, 3.8) is 0 Å². The van der Waals surface area contributed by atoms with E-state index >= 15 is 0 Å². The lowest BCUT2D eigenvalue weighted by Crippen LogP contribution is -2.46. The highest BCUT2D eigenvalue weighted by Crippen LogP contribution is 2.23. The van der Waals surface area contributed by atoms with Crippen molar-refractivity contribution in [2.75, 3.05) is 13.2 Å². The van der Waals surface area contributed by atoms with Crippen molar-refractivity contribution in [3.8, 4) is 5.75 Å². The van der Waals surface area contributed by atoms with Crippen LogP contribution in [0.5, 0.6) is 5.75 Å². The molecule has 0 aliphatic heterocycles. The summed E-state index contributed by atoms with van der Waals surface area (Å²) in [5, 5.41) is 12.3. The zero-order valence-electron chi connectivity index (χ0n) is 10.5. The van der Waals surface area contributed by atoms with Crippen LogP contribution in [-0.4, -0.2) is 24.2 Å². The maximum absolute atomic E-state index is 11.3. The zero-order valence-corrected chi connectivity index (χ0v) is 10.5. The van der Waals surface area contributed by atoms with E-state index in [4.69, 9.17) is 4.74 Å². The molecule has 0 amide bonds. The third-order valence-corrected chi connectivity index (χ3v) is 2.70. The molecule has 0 saturated carbocycles. The minimum Gasteiger partial charge on any atom is -0.494 e. The number of likely N-dealkylation sites (N-methyl/N-ethyl adjacent to an activating group) is 1. The van der Waals surface area contributed by atoms with Gasteiger partial charge >= 0.3 is 5.97 Å². The molecular weight excluding hydrogens is 218 g/mol. The van der Waals surface area contributed by atoms with Crippen LogP contribution in [0.15, 0.2) is 24.3 Å². The number of benzene rings is 1. The van der Waals surface area contributed by atoms with E-state index < -0.39 is 11.5 Å². The summed E-state index contributed by atoms with van der Waals surface area (Å²) >= 11 is 0. The van der Waals surface area contributed by atoms with E-state index in [9.17, 15) is 9.90 Å². The highest BCUT2D eigenvalue weighted by atomic mass is 16.5. The third-order valence-electron chi connectivity index (χ3n) is 2.70. The van der Waals surface area contributed by atoms with Crippen LogP contribution in [0.3, 0.4) is 0 Å². The molecule has 0 bridgehead atoms. The van der Waals surface area contributed by atoms with Crippen LogP contribution in [0.2, 0.25) is 0 Å². The van der Waals surface area contributed by atoms with E-state index in [1.165, 1.54) is 0 Å². The Hall–Kier alpha value is -1.55. The summed E-state index contributed by atoms with van der Waals surface area (Å²) in [5.74, 6) is -0.135. The molecule has 0 fully saturated rings. The Morgan fingerprint density at radius 1 is 1.35 bits per heavy atom. The Morgan fingerprint density at radius 2 is 1.94 bits per heavy atom. The molecule has 0 spiro atoms. The molecule has 0 aliphatic carbocycles. The van der Waals surface area contributed by atoms with Gasteiger partial charge in [-0.15, -0.1) is 0 Å². The van der Waals surface area contributed by atoms with Crippen molar-refractivity contribution in [2.24, 2.45) is 0 Å². The lowest BCUT2D eigenvalue weighted by atomic mass is 9.92. The normalized spacial score (nSPS) is 14.1. The number of ether oxygens (including phenoxy) is 1. The van der Waals surface area contributed by atoms with Crippen molar-refractivity contribution in [1.29, 1.82) is 0 Å². The van der Waals surface area contributed by atoms with Crippen LogP contribution in [-0.2, 0) is 10.3 Å². The number of carbonyl (C=O) groups is 1. The van der Waals surface area contributed by atoms with Gasteiger partial charge in [-0.25, -0.2) is 4.79 Å². The molecule has 1 atom stereocenters. The number of carboxylic acid groups (broad SMARTS) is 1. The lowest BCUT2D eigenvalue weighted by molar-refractivity contribution is -0.144. The van der Waals surface area contributed by atoms with Gasteiger partial charge in [0.25, 0.3) is 0 Å². The quantitative estimate of drug-likeness (QED) is 0.794. The van der Waals surface area contributed by atoms with Gasteiger partial charge in [0, 0.05) is 0 Å². The van der Waals surface area contributed by atoms with Gasteiger partial charge in [0.15, 0.2) is 0 Å². The largest absolute Gasteiger partial charge is 0.494 e. The topological polar surface area (TPSA) is 58.6 Å². The first kappa shape index (κ1) is 13.5. The monoisotopic (exact) mass is 237 g/mol. The van der Waals surface area contributed by atoms with Gasteiger partial charge in [0.05, 0.1) is 6.61 Å². The first-order valence-corrected chi connectivity index (χ1v) is 5.76. The maximum atomic E-state index is 11.3. The molecular formula is C13H19NO3. The molecule has 0 radical (unpaired) electrons. The number of hydrogen-bond donors (Lipinski definition) is 2. The Balaban J connectivity index is 2.99. The standard InChI is InChI=1S/C13H19NO3/c1-4-14-13(3,12(15)16)10-6-8-11(9-7-10)17-5-2/h6-9,14H,4-5H2,1-3H3,(H,15,16). The Morgan fingerprint density at radius 3 is 2.35 bits per heavy atom. The zero-order chi connectivity index (χ0) is 12.9. The van der Waals surface area contributed by atoms with E-state index in [1.54, 1.807) is 31.2 Å². The number of nitrogens with one attached hydrogen (secondary N) is 1. The Bertz CT molecular complexity index is 375. The molecule has 0 heterocycles. The van der Waals surface area contributed by atoms with Gasteiger partial charge in [-0.05, 0) is 38.1 Å². The second-order valence-electron chi connectivity index (χ2n) is 3.92. The van der Waals surface area contributed by atoms with Crippen molar-refractivity contribution in [1.82, 2.24) is 5.32 Å². The summed E-state index contributed by atoms with van der Waals surface area (Å²) < 4.78 is 5.33. The predicted molar refractivity (Wildman–Crippen MR) is 66.3 cm³/mol. The smallest absolute Gasteiger partial charge is 0.328 e. The average molecular weight is 237 g/mol. The molecule has 4 nitrogen and oxygen atoms in total. The van der Waals surface area contributed by atoms with Crippen LogP contribution in [0.25, 0.3) is 0 Å². The summed E-state index contributed by atoms with van der Waals surface area (Å²) in [5.41, 5.74) is -0.338. The van der Waals surface area contributed by atoms with Crippen LogP contribution in [0.1, 0.15) is 26.3 Å². The first-order valence-electron chi connectivity index (χ1n) is 5.76. The van der Waals surface area contributed by atoms with E-state index in [0.717, 1.165) is 11.3 Å². The average Bonchev–Trinajstić information content (AvgIpc) is 2.30. The molecule has 17 heavy (non-hydrogen) atoms. The van der Waals surface area contributed by atoms with E-state index in [2.05, 4.69) is 5.32 Å². The summed E-state index contributed by atoms with van der Waals surface area (Å²) in [4.78, 5) is 11.3. The molecule has 2 N–H and O–H groups in total. The number of aliphatic carboxylic acids is 1. The Kier molecular flexibility index (Phi) is 4.52. The van der Waals surface area contributed by atoms with Gasteiger partial charge < -0.3 is 9.84 Å². The van der Waals surface area contributed by atoms with E-state index in [0.29, 0.717) is 13.2 Å². The van der Waals surface area contributed by atoms with Crippen LogP contribution < -0.4 is 10.1 Å². The molecule has 0 saturated heterocycles. The molecule has 0 aliphatic rings. The molecule has 4 heteroatoms. The highest BCUT2D eigenvalue weighted by Gasteiger charge is 2.33. The van der Waals surface area contributed by atoms with Gasteiger partial charge in [-0.1, -0.05) is 19.1 Å². The molecule has 1 aromatic carbocycles. The van der Waals surface area contributed by atoms with Gasteiger partial charge in [-0.3, -0.25) is 5.32 Å². The van der Waals surface area contributed by atoms with E-state index in [-0.39, 0.29) is 0 Å². The molecule has 1 unspecified atom stereocenters.